The smallest absolute Gasteiger partial charge is 0.308 e. The van der Waals surface area contributed by atoms with Crippen molar-refractivity contribution in [2.75, 3.05) is 23.9 Å². The lowest BCUT2D eigenvalue weighted by atomic mass is 10.1. The van der Waals surface area contributed by atoms with Crippen molar-refractivity contribution in [3.05, 3.63) is 83.8 Å². The van der Waals surface area contributed by atoms with Gasteiger partial charge in [-0.1, -0.05) is 19.9 Å². The topological polar surface area (TPSA) is 154 Å². The molecule has 12 nitrogen and oxygen atoms in total. The van der Waals surface area contributed by atoms with E-state index >= 15 is 0 Å². The van der Waals surface area contributed by atoms with Crippen LogP contribution in [0, 0.1) is 5.92 Å². The Hall–Kier alpha value is -5.26. The Morgan fingerprint density at radius 1 is 1.02 bits per heavy atom. The monoisotopic (exact) mass is 613 g/mol. The highest BCUT2D eigenvalue weighted by Gasteiger charge is 2.21. The molecular weight excluding hydrogens is 574 g/mol. The maximum atomic E-state index is 13.6. The van der Waals surface area contributed by atoms with E-state index in [2.05, 4.69) is 15.3 Å². The second kappa shape index (κ2) is 15.0. The zero-order chi connectivity index (χ0) is 32.5. The molecule has 2 heterocycles. The second-order valence-corrected chi connectivity index (χ2v) is 10.9. The molecule has 0 radical (unpaired) electrons. The number of carbonyl (C=O) groups is 3. The van der Waals surface area contributed by atoms with E-state index in [-0.39, 0.29) is 36.6 Å². The van der Waals surface area contributed by atoms with E-state index < -0.39 is 12.2 Å². The fourth-order valence-corrected chi connectivity index (χ4v) is 4.64. The lowest BCUT2D eigenvalue weighted by molar-refractivity contribution is -0.148. The third-order valence-electron chi connectivity index (χ3n) is 6.99. The number of hydrogen-bond acceptors (Lipinski definition) is 9. The minimum atomic E-state index is -0.680. The van der Waals surface area contributed by atoms with Crippen LogP contribution in [0.1, 0.15) is 55.4 Å². The van der Waals surface area contributed by atoms with Crippen LogP contribution in [-0.4, -0.2) is 58.1 Å². The van der Waals surface area contributed by atoms with Crippen LogP contribution in [0.2, 0.25) is 0 Å². The number of methoxy groups -OCH3 is 1. The second-order valence-electron chi connectivity index (χ2n) is 10.9. The number of aryl methyl sites for hydroxylation is 1. The van der Waals surface area contributed by atoms with Gasteiger partial charge < -0.3 is 25.1 Å². The summed E-state index contributed by atoms with van der Waals surface area (Å²) >= 11 is 0. The zero-order valence-electron chi connectivity index (χ0n) is 26.2. The number of aliphatic imine (C=N–C) groups is 1. The highest BCUT2D eigenvalue weighted by molar-refractivity contribution is 6.07. The van der Waals surface area contributed by atoms with Crippen molar-refractivity contribution in [1.29, 1.82) is 0 Å². The van der Waals surface area contributed by atoms with E-state index in [0.717, 1.165) is 17.0 Å². The van der Waals surface area contributed by atoms with Gasteiger partial charge in [-0.3, -0.25) is 19.3 Å². The Balaban J connectivity index is 1.44. The van der Waals surface area contributed by atoms with Gasteiger partial charge >= 0.3 is 11.9 Å². The van der Waals surface area contributed by atoms with Crippen molar-refractivity contribution in [1.82, 2.24) is 14.5 Å². The zero-order valence-corrected chi connectivity index (χ0v) is 26.2. The SMILES string of the molecule is COC(=O)CCN(C(=O)c1ccc2c(c1)nc(CNc1ccc(/C(N)=N/C(C)OC(=O)CC(C)C)cc1)n2C)c1ccccn1. The van der Waals surface area contributed by atoms with E-state index in [1.165, 1.54) is 12.0 Å². The first-order valence-electron chi connectivity index (χ1n) is 14.7. The predicted octanol–water partition coefficient (Wildman–Crippen LogP) is 4.43. The van der Waals surface area contributed by atoms with Gasteiger partial charge in [-0.25, -0.2) is 15.0 Å². The van der Waals surface area contributed by atoms with Gasteiger partial charge in [0, 0.05) is 43.0 Å². The first-order chi connectivity index (χ1) is 21.5. The van der Waals surface area contributed by atoms with Gasteiger partial charge in [0.2, 0.25) is 0 Å². The molecule has 0 aliphatic heterocycles. The Labute approximate surface area is 262 Å². The molecule has 0 spiro atoms. The number of amides is 1. The average molecular weight is 614 g/mol. The summed E-state index contributed by atoms with van der Waals surface area (Å²) in [4.78, 5) is 52.1. The molecule has 1 unspecified atom stereocenters. The van der Waals surface area contributed by atoms with Gasteiger partial charge in [0.05, 0.1) is 31.1 Å². The summed E-state index contributed by atoms with van der Waals surface area (Å²) in [6, 6.07) is 18.0. The molecule has 2 aromatic heterocycles. The maximum absolute atomic E-state index is 13.6. The molecule has 0 fully saturated rings. The van der Waals surface area contributed by atoms with Gasteiger partial charge in [-0.15, -0.1) is 0 Å². The van der Waals surface area contributed by atoms with Gasteiger partial charge in [0.25, 0.3) is 5.91 Å². The normalized spacial score (nSPS) is 12.2. The number of hydrogen-bond donors (Lipinski definition) is 2. The van der Waals surface area contributed by atoms with Crippen molar-refractivity contribution in [3.63, 3.8) is 0 Å². The van der Waals surface area contributed by atoms with Crippen molar-refractivity contribution in [2.45, 2.75) is 46.4 Å². The van der Waals surface area contributed by atoms with Crippen molar-refractivity contribution in [2.24, 2.45) is 23.7 Å². The van der Waals surface area contributed by atoms with Crippen LogP contribution in [0.5, 0.6) is 0 Å². The number of imidazole rings is 1. The summed E-state index contributed by atoms with van der Waals surface area (Å²) in [5.74, 6) is 0.674. The van der Waals surface area contributed by atoms with Crippen LogP contribution < -0.4 is 16.0 Å². The summed E-state index contributed by atoms with van der Waals surface area (Å²) in [6.45, 7) is 6.13. The quantitative estimate of drug-likeness (QED) is 0.127. The van der Waals surface area contributed by atoms with Crippen LogP contribution in [0.4, 0.5) is 11.5 Å². The molecule has 12 heteroatoms. The predicted molar refractivity (Wildman–Crippen MR) is 173 cm³/mol. The number of benzene rings is 2. The number of rotatable bonds is 13. The van der Waals surface area contributed by atoms with Crippen LogP contribution in [0.25, 0.3) is 11.0 Å². The minimum absolute atomic E-state index is 0.0355. The van der Waals surface area contributed by atoms with Gasteiger partial charge in [0.1, 0.15) is 17.5 Å². The molecule has 0 bridgehead atoms. The standard InChI is InChI=1S/C33H39N7O5/c1-21(2)18-31(42)45-22(3)37-32(34)23-9-12-25(13-10-23)36-20-29-38-26-19-24(11-14-27(26)39(29)4)33(43)40(17-15-30(41)44-5)28-8-6-7-16-35-28/h6-14,16,19,21-22,36H,15,17-18,20H2,1-5H3,(H2,34,37). The van der Waals surface area contributed by atoms with E-state index in [1.54, 1.807) is 43.5 Å². The molecule has 4 rings (SSSR count). The number of amidine groups is 1. The number of aromatic nitrogens is 3. The maximum Gasteiger partial charge on any atom is 0.308 e. The number of nitrogens with one attached hydrogen (secondary N) is 1. The molecule has 236 valence electrons. The highest BCUT2D eigenvalue weighted by atomic mass is 16.6. The molecule has 0 saturated heterocycles. The van der Waals surface area contributed by atoms with E-state index in [1.807, 2.05) is 55.8 Å². The first kappa shape index (κ1) is 32.6. The number of esters is 2. The van der Waals surface area contributed by atoms with Crippen molar-refractivity contribution in [3.8, 4) is 0 Å². The number of anilines is 2. The Morgan fingerprint density at radius 2 is 1.76 bits per heavy atom. The van der Waals surface area contributed by atoms with E-state index in [4.69, 9.17) is 20.2 Å². The third kappa shape index (κ3) is 8.65. The Bertz CT molecular complexity index is 1670. The molecule has 2 aromatic carbocycles. The lowest BCUT2D eigenvalue weighted by Gasteiger charge is -2.21. The van der Waals surface area contributed by atoms with Gasteiger partial charge in [-0.2, -0.15) is 0 Å². The molecular formula is C33H39N7O5. The molecule has 0 saturated carbocycles. The number of nitrogens with two attached hydrogens (primary N) is 1. The third-order valence-corrected chi connectivity index (χ3v) is 6.99. The summed E-state index contributed by atoms with van der Waals surface area (Å²) in [7, 11) is 3.23. The number of ether oxygens (including phenoxy) is 2. The number of fused-ring (bicyclic) bond motifs is 1. The Kier molecular flexibility index (Phi) is 10.9. The van der Waals surface area contributed by atoms with Crippen molar-refractivity contribution >= 4 is 46.2 Å². The molecule has 4 aromatic rings. The van der Waals surface area contributed by atoms with Crippen LogP contribution >= 0.6 is 0 Å². The van der Waals surface area contributed by atoms with Crippen LogP contribution in [0.15, 0.2) is 71.9 Å². The number of pyridine rings is 1. The number of nitrogens with zero attached hydrogens (tertiary/aromatic N) is 5. The molecule has 45 heavy (non-hydrogen) atoms. The summed E-state index contributed by atoms with van der Waals surface area (Å²) in [6.07, 6.45) is 1.28. The fraction of sp³-hybridized carbons (Fsp3) is 0.333. The largest absolute Gasteiger partial charge is 0.469 e. The lowest BCUT2D eigenvalue weighted by Crippen LogP contribution is -2.33. The highest BCUT2D eigenvalue weighted by Crippen LogP contribution is 2.21. The molecule has 1 atom stereocenters. The van der Waals surface area contributed by atoms with Crippen molar-refractivity contribution < 1.29 is 23.9 Å². The van der Waals surface area contributed by atoms with Gasteiger partial charge in [0.15, 0.2) is 6.23 Å². The molecule has 3 N–H and O–H groups in total. The summed E-state index contributed by atoms with van der Waals surface area (Å²) in [5.41, 5.74) is 9.66. The first-order valence-corrected chi connectivity index (χ1v) is 14.7. The molecule has 0 aliphatic rings. The van der Waals surface area contributed by atoms with Gasteiger partial charge in [-0.05, 0) is 67.4 Å². The fourth-order valence-electron chi connectivity index (χ4n) is 4.64. The molecule has 1 amide bonds. The van der Waals surface area contributed by atoms with Crippen LogP contribution in [0.3, 0.4) is 0 Å². The molecule has 0 aliphatic carbocycles. The number of carbonyl (C=O) groups excluding carboxylic acids is 3. The van der Waals surface area contributed by atoms with E-state index in [0.29, 0.717) is 35.4 Å². The summed E-state index contributed by atoms with van der Waals surface area (Å²) < 4.78 is 12.0. The minimum Gasteiger partial charge on any atom is -0.469 e. The average Bonchev–Trinajstić information content (AvgIpc) is 3.34. The summed E-state index contributed by atoms with van der Waals surface area (Å²) in [5, 5.41) is 3.36. The Morgan fingerprint density at radius 3 is 2.42 bits per heavy atom. The van der Waals surface area contributed by atoms with E-state index in [9.17, 15) is 14.4 Å². The van der Waals surface area contributed by atoms with Crippen LogP contribution in [-0.2, 0) is 32.7 Å².